The number of halogens is 1. The maximum absolute atomic E-state index is 13.4. The van der Waals surface area contributed by atoms with Gasteiger partial charge in [-0.3, -0.25) is 4.79 Å². The van der Waals surface area contributed by atoms with Crippen LogP contribution in [0.15, 0.2) is 67.0 Å². The molecule has 3 aromatic rings. The number of hydrogen-bond donors (Lipinski definition) is 1. The van der Waals surface area contributed by atoms with E-state index in [-0.39, 0.29) is 17.6 Å². The van der Waals surface area contributed by atoms with E-state index in [1.54, 1.807) is 18.5 Å². The first-order chi connectivity index (χ1) is 14.2. The fourth-order valence-corrected chi connectivity index (χ4v) is 3.60. The second-order valence-corrected chi connectivity index (χ2v) is 7.27. The Balaban J connectivity index is 1.38. The number of nitrogens with zero attached hydrogens (tertiary/aromatic N) is 3. The average Bonchev–Trinajstić information content (AvgIpc) is 2.78. The number of piperidine rings is 1. The predicted octanol–water partition coefficient (Wildman–Crippen LogP) is 3.82. The maximum Gasteiger partial charge on any atom is 0.225 e. The van der Waals surface area contributed by atoms with Crippen molar-refractivity contribution in [1.29, 1.82) is 0 Å². The van der Waals surface area contributed by atoms with Crippen molar-refractivity contribution in [3.05, 3.63) is 78.4 Å². The zero-order chi connectivity index (χ0) is 20.1. The first-order valence-corrected chi connectivity index (χ1v) is 9.83. The molecular weight excluding hydrogens is 367 g/mol. The van der Waals surface area contributed by atoms with Crippen molar-refractivity contribution in [3.63, 3.8) is 0 Å². The molecule has 6 heteroatoms. The molecule has 1 fully saturated rings. The van der Waals surface area contributed by atoms with Crippen LogP contribution in [0.1, 0.15) is 18.4 Å². The predicted molar refractivity (Wildman–Crippen MR) is 111 cm³/mol. The van der Waals surface area contributed by atoms with E-state index < -0.39 is 0 Å². The van der Waals surface area contributed by atoms with E-state index in [2.05, 4.69) is 15.3 Å². The van der Waals surface area contributed by atoms with Crippen molar-refractivity contribution in [2.24, 2.45) is 5.92 Å². The Morgan fingerprint density at radius 2 is 1.86 bits per heavy atom. The zero-order valence-electron chi connectivity index (χ0n) is 16.1. The Bertz CT molecular complexity index is 962. The minimum atomic E-state index is -0.285. The minimum Gasteiger partial charge on any atom is -0.352 e. The van der Waals surface area contributed by atoms with Crippen molar-refractivity contribution in [2.75, 3.05) is 18.0 Å². The van der Waals surface area contributed by atoms with E-state index in [1.807, 2.05) is 41.3 Å². The molecule has 0 saturated carbocycles. The van der Waals surface area contributed by atoms with Crippen LogP contribution in [0.25, 0.3) is 11.1 Å². The third-order valence-electron chi connectivity index (χ3n) is 5.18. The topological polar surface area (TPSA) is 58.1 Å². The molecule has 29 heavy (non-hydrogen) atoms. The van der Waals surface area contributed by atoms with Gasteiger partial charge in [-0.1, -0.05) is 42.5 Å². The number of rotatable bonds is 5. The van der Waals surface area contributed by atoms with E-state index in [1.165, 1.54) is 12.1 Å². The number of carbonyl (C=O) groups excluding carboxylic acids is 1. The van der Waals surface area contributed by atoms with Crippen molar-refractivity contribution in [1.82, 2.24) is 15.3 Å². The largest absolute Gasteiger partial charge is 0.352 e. The Morgan fingerprint density at radius 1 is 1.07 bits per heavy atom. The van der Waals surface area contributed by atoms with Crippen LogP contribution < -0.4 is 10.2 Å². The van der Waals surface area contributed by atoms with Gasteiger partial charge in [0, 0.05) is 37.6 Å². The van der Waals surface area contributed by atoms with E-state index in [4.69, 9.17) is 0 Å². The summed E-state index contributed by atoms with van der Waals surface area (Å²) in [7, 11) is 0. The van der Waals surface area contributed by atoms with Gasteiger partial charge in [-0.2, -0.15) is 0 Å². The first kappa shape index (κ1) is 19.1. The Hall–Kier alpha value is -3.28. The van der Waals surface area contributed by atoms with Crippen LogP contribution in [0.3, 0.4) is 0 Å². The molecule has 0 spiro atoms. The van der Waals surface area contributed by atoms with Crippen LogP contribution in [0, 0.1) is 11.7 Å². The zero-order valence-corrected chi connectivity index (χ0v) is 16.1. The van der Waals surface area contributed by atoms with Gasteiger partial charge < -0.3 is 10.2 Å². The summed E-state index contributed by atoms with van der Waals surface area (Å²) in [5, 5.41) is 3.03. The molecule has 4 rings (SSSR count). The lowest BCUT2D eigenvalue weighted by Crippen LogP contribution is -2.43. The second-order valence-electron chi connectivity index (χ2n) is 7.27. The van der Waals surface area contributed by atoms with Crippen molar-refractivity contribution in [2.45, 2.75) is 19.4 Å². The molecule has 0 radical (unpaired) electrons. The maximum atomic E-state index is 13.4. The summed E-state index contributed by atoms with van der Waals surface area (Å²) >= 11 is 0. The first-order valence-electron chi connectivity index (χ1n) is 9.83. The molecule has 1 aliphatic heterocycles. The summed E-state index contributed by atoms with van der Waals surface area (Å²) < 4.78 is 13.4. The average molecular weight is 390 g/mol. The highest BCUT2D eigenvalue weighted by Crippen LogP contribution is 2.23. The highest BCUT2D eigenvalue weighted by atomic mass is 19.1. The molecule has 1 atom stereocenters. The molecule has 148 valence electrons. The van der Waals surface area contributed by atoms with Crippen molar-refractivity contribution in [3.8, 4) is 11.1 Å². The minimum absolute atomic E-state index is 0.0648. The Morgan fingerprint density at radius 3 is 2.62 bits per heavy atom. The quantitative estimate of drug-likeness (QED) is 0.720. The molecule has 0 aliphatic carbocycles. The van der Waals surface area contributed by atoms with Crippen LogP contribution in [0.4, 0.5) is 10.3 Å². The normalized spacial score (nSPS) is 16.4. The van der Waals surface area contributed by atoms with Gasteiger partial charge in [-0.25, -0.2) is 14.4 Å². The van der Waals surface area contributed by atoms with Crippen molar-refractivity contribution >= 4 is 11.9 Å². The van der Waals surface area contributed by atoms with Gasteiger partial charge in [0.2, 0.25) is 11.9 Å². The van der Waals surface area contributed by atoms with Crippen LogP contribution in [-0.4, -0.2) is 29.0 Å². The summed E-state index contributed by atoms with van der Waals surface area (Å²) in [6.07, 6.45) is 5.18. The van der Waals surface area contributed by atoms with Crippen LogP contribution in [0.5, 0.6) is 0 Å². The van der Waals surface area contributed by atoms with E-state index in [0.29, 0.717) is 19.0 Å². The molecule has 0 bridgehead atoms. The number of nitrogens with one attached hydrogen (secondary N) is 1. The fourth-order valence-electron chi connectivity index (χ4n) is 3.60. The number of hydrogen-bond acceptors (Lipinski definition) is 4. The molecule has 1 aromatic heterocycles. The van der Waals surface area contributed by atoms with Crippen LogP contribution >= 0.6 is 0 Å². The fraction of sp³-hybridized carbons (Fsp3) is 0.261. The molecule has 1 saturated heterocycles. The summed E-state index contributed by atoms with van der Waals surface area (Å²) in [5.41, 5.74) is 2.60. The molecule has 2 aromatic carbocycles. The SMILES string of the molecule is O=C(NCc1ccccc1)[C@@H]1CCCN(c2ncc(-c3cccc(F)c3)cn2)C1. The van der Waals surface area contributed by atoms with E-state index in [0.717, 1.165) is 36.1 Å². The van der Waals surface area contributed by atoms with Crippen LogP contribution in [0.2, 0.25) is 0 Å². The second kappa shape index (κ2) is 8.82. The van der Waals surface area contributed by atoms with Crippen molar-refractivity contribution < 1.29 is 9.18 Å². The molecule has 1 amide bonds. The standard InChI is InChI=1S/C23H23FN4O/c24-21-10-4-8-18(12-21)20-14-26-23(27-15-20)28-11-5-9-19(16-28)22(29)25-13-17-6-2-1-3-7-17/h1-4,6-8,10,12,14-15,19H,5,9,11,13,16H2,(H,25,29)/t19-/m1/s1. The number of carbonyl (C=O) groups is 1. The highest BCUT2D eigenvalue weighted by Gasteiger charge is 2.27. The summed E-state index contributed by atoms with van der Waals surface area (Å²) in [6.45, 7) is 1.96. The van der Waals surface area contributed by atoms with Gasteiger partial charge in [-0.15, -0.1) is 0 Å². The van der Waals surface area contributed by atoms with Crippen LogP contribution in [-0.2, 0) is 11.3 Å². The monoisotopic (exact) mass is 390 g/mol. The summed E-state index contributed by atoms with van der Waals surface area (Å²) in [4.78, 5) is 23.6. The highest BCUT2D eigenvalue weighted by molar-refractivity contribution is 5.79. The Kier molecular flexibility index (Phi) is 5.79. The summed E-state index contributed by atoms with van der Waals surface area (Å²) in [6, 6.07) is 16.3. The summed E-state index contributed by atoms with van der Waals surface area (Å²) in [5.74, 6) is 0.298. The number of benzene rings is 2. The molecule has 0 unspecified atom stereocenters. The lowest BCUT2D eigenvalue weighted by molar-refractivity contribution is -0.125. The lowest BCUT2D eigenvalue weighted by atomic mass is 9.97. The van der Waals surface area contributed by atoms with E-state index in [9.17, 15) is 9.18 Å². The van der Waals surface area contributed by atoms with E-state index >= 15 is 0 Å². The Labute approximate surface area is 169 Å². The molecule has 2 heterocycles. The third kappa shape index (κ3) is 4.77. The third-order valence-corrected chi connectivity index (χ3v) is 5.18. The van der Waals surface area contributed by atoms with Gasteiger partial charge in [0.05, 0.1) is 5.92 Å². The molecular formula is C23H23FN4O. The van der Waals surface area contributed by atoms with Gasteiger partial charge in [0.1, 0.15) is 5.82 Å². The van der Waals surface area contributed by atoms with Gasteiger partial charge >= 0.3 is 0 Å². The van der Waals surface area contributed by atoms with Gasteiger partial charge in [-0.05, 0) is 36.1 Å². The number of aromatic nitrogens is 2. The molecule has 5 nitrogen and oxygen atoms in total. The molecule has 1 aliphatic rings. The number of amides is 1. The van der Waals surface area contributed by atoms with Gasteiger partial charge in [0.25, 0.3) is 0 Å². The van der Waals surface area contributed by atoms with Gasteiger partial charge in [0.15, 0.2) is 0 Å². The number of anilines is 1. The lowest BCUT2D eigenvalue weighted by Gasteiger charge is -2.32. The molecule has 1 N–H and O–H groups in total. The smallest absolute Gasteiger partial charge is 0.225 e.